The zero-order valence-electron chi connectivity index (χ0n) is 11.3. The number of benzene rings is 2. The number of Topliss-reactive ketones (excluding diaryl/α,β-unsaturated/α-hetero) is 1. The topological polar surface area (TPSA) is 17.1 Å². The van der Waals surface area contributed by atoms with E-state index in [1.807, 2.05) is 30.3 Å². The number of rotatable bonds is 4. The van der Waals surface area contributed by atoms with Gasteiger partial charge in [0.1, 0.15) is 5.82 Å². The average Bonchev–Trinajstić information content (AvgIpc) is 2.44. The highest BCUT2D eigenvalue weighted by Crippen LogP contribution is 2.32. The van der Waals surface area contributed by atoms with Crippen LogP contribution >= 0.6 is 24.4 Å². The van der Waals surface area contributed by atoms with E-state index in [0.717, 1.165) is 11.1 Å². The Morgan fingerprint density at radius 1 is 1.30 bits per heavy atom. The summed E-state index contributed by atoms with van der Waals surface area (Å²) in [5.74, 6) is -0.472. The fourth-order valence-corrected chi connectivity index (χ4v) is 3.17. The molecular weight excluding hydrogens is 291 g/mol. The summed E-state index contributed by atoms with van der Waals surface area (Å²) >= 11 is 5.64. The van der Waals surface area contributed by atoms with E-state index in [-0.39, 0.29) is 18.0 Å². The lowest BCUT2D eigenvalue weighted by atomic mass is 9.99. The van der Waals surface area contributed by atoms with Gasteiger partial charge in [0.05, 0.1) is 4.90 Å². The first-order chi connectivity index (χ1) is 9.54. The summed E-state index contributed by atoms with van der Waals surface area (Å²) in [4.78, 5) is 13.4. The predicted molar refractivity (Wildman–Crippen MR) is 84.6 cm³/mol. The number of thioether (sulfide) groups is 1. The second-order valence-electron chi connectivity index (χ2n) is 4.50. The van der Waals surface area contributed by atoms with Crippen LogP contribution in [0.25, 0.3) is 0 Å². The minimum Gasteiger partial charge on any atom is -0.294 e. The molecule has 2 rings (SSSR count). The normalized spacial score (nSPS) is 10.6. The molecule has 104 valence electrons. The van der Waals surface area contributed by atoms with Gasteiger partial charge in [0.2, 0.25) is 0 Å². The maximum Gasteiger partial charge on any atom is 0.167 e. The van der Waals surface area contributed by atoms with Crippen molar-refractivity contribution in [2.75, 3.05) is 6.26 Å². The van der Waals surface area contributed by atoms with E-state index < -0.39 is 0 Å². The number of carbonyl (C=O) groups excluding carboxylic acids is 1. The molecule has 20 heavy (non-hydrogen) atoms. The molecule has 2 aromatic carbocycles. The molecule has 0 saturated carbocycles. The highest BCUT2D eigenvalue weighted by atomic mass is 32.2. The molecule has 2 aromatic rings. The van der Waals surface area contributed by atoms with Gasteiger partial charge in [0.25, 0.3) is 0 Å². The second kappa shape index (κ2) is 6.46. The van der Waals surface area contributed by atoms with E-state index in [1.54, 1.807) is 13.2 Å². The van der Waals surface area contributed by atoms with Crippen molar-refractivity contribution in [3.05, 3.63) is 58.9 Å². The molecule has 0 aliphatic rings. The van der Waals surface area contributed by atoms with E-state index in [0.29, 0.717) is 15.4 Å². The number of thiol groups is 1. The van der Waals surface area contributed by atoms with Crippen molar-refractivity contribution in [3.8, 4) is 0 Å². The van der Waals surface area contributed by atoms with E-state index in [1.165, 1.54) is 17.8 Å². The molecule has 0 radical (unpaired) electrons. The molecule has 0 saturated heterocycles. The first-order valence-corrected chi connectivity index (χ1v) is 7.85. The zero-order chi connectivity index (χ0) is 14.7. The van der Waals surface area contributed by atoms with Gasteiger partial charge in [-0.25, -0.2) is 4.39 Å². The minimum atomic E-state index is -0.385. The quantitative estimate of drug-likeness (QED) is 0.506. The lowest BCUT2D eigenvalue weighted by Gasteiger charge is -2.12. The molecule has 0 aliphatic carbocycles. The Balaban J connectivity index is 2.36. The molecule has 0 fully saturated rings. The van der Waals surface area contributed by atoms with E-state index >= 15 is 0 Å². The van der Waals surface area contributed by atoms with Crippen molar-refractivity contribution >= 4 is 30.2 Å². The monoisotopic (exact) mass is 306 g/mol. The number of hydrogen-bond acceptors (Lipinski definition) is 3. The summed E-state index contributed by atoms with van der Waals surface area (Å²) in [6.07, 6.45) is 2.07. The first kappa shape index (κ1) is 15.1. The molecule has 0 aliphatic heterocycles. The Morgan fingerprint density at radius 2 is 1.95 bits per heavy atom. The van der Waals surface area contributed by atoms with Gasteiger partial charge >= 0.3 is 0 Å². The highest BCUT2D eigenvalue weighted by molar-refractivity contribution is 7.99. The van der Waals surface area contributed by atoms with Crippen molar-refractivity contribution in [3.63, 3.8) is 0 Å². The largest absolute Gasteiger partial charge is 0.294 e. The smallest absolute Gasteiger partial charge is 0.167 e. The molecule has 0 spiro atoms. The molecule has 0 aromatic heterocycles. The van der Waals surface area contributed by atoms with Crippen molar-refractivity contribution < 1.29 is 9.18 Å². The third-order valence-corrected chi connectivity index (χ3v) is 4.69. The van der Waals surface area contributed by atoms with Crippen LogP contribution in [0, 0.1) is 12.7 Å². The van der Waals surface area contributed by atoms with Crippen LogP contribution in [0.2, 0.25) is 0 Å². The molecule has 0 atom stereocenters. The van der Waals surface area contributed by atoms with Gasteiger partial charge in [-0.2, -0.15) is 0 Å². The number of carbonyl (C=O) groups is 1. The fourth-order valence-electron chi connectivity index (χ4n) is 2.07. The van der Waals surface area contributed by atoms with Gasteiger partial charge in [0.15, 0.2) is 5.78 Å². The Labute approximate surface area is 128 Å². The van der Waals surface area contributed by atoms with Crippen molar-refractivity contribution in [2.45, 2.75) is 23.1 Å². The maximum atomic E-state index is 14.0. The van der Waals surface area contributed by atoms with Crippen LogP contribution in [0.4, 0.5) is 4.39 Å². The Bertz CT molecular complexity index is 639. The van der Waals surface area contributed by atoms with Gasteiger partial charge in [-0.05, 0) is 30.4 Å². The van der Waals surface area contributed by atoms with E-state index in [9.17, 15) is 9.18 Å². The molecule has 0 amide bonds. The average molecular weight is 306 g/mol. The first-order valence-electron chi connectivity index (χ1n) is 6.17. The van der Waals surface area contributed by atoms with E-state index in [2.05, 4.69) is 12.6 Å². The third kappa shape index (κ3) is 3.07. The van der Waals surface area contributed by atoms with Gasteiger partial charge in [-0.3, -0.25) is 4.79 Å². The van der Waals surface area contributed by atoms with Gasteiger partial charge < -0.3 is 0 Å². The lowest BCUT2D eigenvalue weighted by molar-refractivity contribution is 0.0991. The van der Waals surface area contributed by atoms with Crippen LogP contribution in [-0.2, 0) is 6.42 Å². The molecule has 1 nitrogen and oxygen atoms in total. The number of halogens is 1. The molecule has 0 heterocycles. The van der Waals surface area contributed by atoms with Gasteiger partial charge in [-0.1, -0.05) is 30.3 Å². The Morgan fingerprint density at radius 3 is 2.55 bits per heavy atom. The molecule has 0 bridgehead atoms. The lowest BCUT2D eigenvalue weighted by Crippen LogP contribution is -2.07. The van der Waals surface area contributed by atoms with E-state index in [4.69, 9.17) is 0 Å². The van der Waals surface area contributed by atoms with Crippen LogP contribution in [0.5, 0.6) is 0 Å². The van der Waals surface area contributed by atoms with Crippen LogP contribution < -0.4 is 0 Å². The van der Waals surface area contributed by atoms with Crippen molar-refractivity contribution in [1.82, 2.24) is 0 Å². The number of hydrogen-bond donors (Lipinski definition) is 1. The van der Waals surface area contributed by atoms with Crippen LogP contribution in [0.15, 0.2) is 46.2 Å². The maximum absolute atomic E-state index is 14.0. The third-order valence-electron chi connectivity index (χ3n) is 3.17. The van der Waals surface area contributed by atoms with Crippen molar-refractivity contribution in [2.24, 2.45) is 0 Å². The fraction of sp³-hybridized carbons (Fsp3) is 0.188. The minimum absolute atomic E-state index is 0.0875. The second-order valence-corrected chi connectivity index (χ2v) is 5.76. The molecule has 0 unspecified atom stereocenters. The summed E-state index contributed by atoms with van der Waals surface area (Å²) in [6, 6.07) is 10.8. The summed E-state index contributed by atoms with van der Waals surface area (Å²) in [6.45, 7) is 1.81. The van der Waals surface area contributed by atoms with Gasteiger partial charge in [0, 0.05) is 16.9 Å². The standard InChI is InChI=1S/C16H15FOS2/c1-10-12(9-13(17)16(20-2)15(10)19)14(18)8-11-6-4-3-5-7-11/h3-7,9,19H,8H2,1-2H3. The Kier molecular flexibility index (Phi) is 4.89. The molecule has 4 heteroatoms. The zero-order valence-corrected chi connectivity index (χ0v) is 13.0. The summed E-state index contributed by atoms with van der Waals surface area (Å²) in [7, 11) is 0. The predicted octanol–water partition coefficient (Wildman–Crippen LogP) is 4.57. The van der Waals surface area contributed by atoms with Gasteiger partial charge in [-0.15, -0.1) is 24.4 Å². The summed E-state index contributed by atoms with van der Waals surface area (Å²) in [5.41, 5.74) is 2.07. The molecular formula is C16H15FOS2. The van der Waals surface area contributed by atoms with Crippen LogP contribution in [0.1, 0.15) is 21.5 Å². The SMILES string of the molecule is CSc1c(F)cc(C(=O)Cc2ccccc2)c(C)c1S. The molecule has 0 N–H and O–H groups in total. The number of ketones is 1. The van der Waals surface area contributed by atoms with Crippen LogP contribution in [-0.4, -0.2) is 12.0 Å². The van der Waals surface area contributed by atoms with Crippen LogP contribution in [0.3, 0.4) is 0 Å². The summed E-state index contributed by atoms with van der Waals surface area (Å²) < 4.78 is 14.0. The van der Waals surface area contributed by atoms with Crippen molar-refractivity contribution in [1.29, 1.82) is 0 Å². The Hall–Kier alpha value is -1.26. The highest BCUT2D eigenvalue weighted by Gasteiger charge is 2.17. The summed E-state index contributed by atoms with van der Waals surface area (Å²) in [5, 5.41) is 0.